The van der Waals surface area contributed by atoms with Gasteiger partial charge >= 0.3 is 6.09 Å². The molecule has 14 heteroatoms. The van der Waals surface area contributed by atoms with Crippen molar-refractivity contribution >= 4 is 37.0 Å². The molecule has 2 atom stereocenters. The van der Waals surface area contributed by atoms with E-state index in [-0.39, 0.29) is 6.04 Å². The average Bonchev–Trinajstić information content (AvgIpc) is 3.48. The third-order valence-corrected chi connectivity index (χ3v) is 10.8. The van der Waals surface area contributed by atoms with Crippen LogP contribution in [0.1, 0.15) is 50.8 Å². The van der Waals surface area contributed by atoms with Gasteiger partial charge in [-0.1, -0.05) is 43.9 Å². The smallest absolute Gasteiger partial charge is 0.407 e. The quantitative estimate of drug-likeness (QED) is 0.148. The van der Waals surface area contributed by atoms with Crippen molar-refractivity contribution in [3.05, 3.63) is 60.2 Å². The Bertz CT molecular complexity index is 1770. The maximum absolute atomic E-state index is 12.3. The third-order valence-electron chi connectivity index (χ3n) is 9.12. The number of aliphatic hydroxyl groups excluding tert-OH is 1. The molecule has 51 heavy (non-hydrogen) atoms. The van der Waals surface area contributed by atoms with Crippen molar-refractivity contribution in [1.29, 1.82) is 0 Å². The zero-order valence-electron chi connectivity index (χ0n) is 30.8. The number of piperidine rings is 1. The van der Waals surface area contributed by atoms with Crippen LogP contribution >= 0.6 is 0 Å². The topological polar surface area (TPSA) is 140 Å². The van der Waals surface area contributed by atoms with Gasteiger partial charge in [0.1, 0.15) is 36.2 Å². The molecule has 0 aliphatic carbocycles. The standard InChI is InChI=1S/C37H52N8O5Si/c1-37(2,3)50-36(47)42-29-8-7-13-44(23-29)35-38-21-28(22-39-35)32(46)27-11-9-26(10-12-27)31-20-30-33(43-14-16-48-17-15-43)40-24-41-34(30)45(31)25-49-18-19-51(4,5)6/h9-12,20-22,24,29,32,46H,7-8,13-19,23,25H2,1-6H3,(H,42,47)/t29-,32?/m1/s1. The molecule has 0 spiro atoms. The fourth-order valence-electron chi connectivity index (χ4n) is 6.40. The number of nitrogens with one attached hydrogen (secondary N) is 1. The summed E-state index contributed by atoms with van der Waals surface area (Å²) in [6, 6.07) is 11.1. The maximum Gasteiger partial charge on any atom is 0.407 e. The first-order valence-electron chi connectivity index (χ1n) is 17.9. The zero-order chi connectivity index (χ0) is 36.2. The minimum atomic E-state index is -1.25. The van der Waals surface area contributed by atoms with Gasteiger partial charge in [-0.2, -0.15) is 0 Å². The van der Waals surface area contributed by atoms with E-state index >= 15 is 0 Å². The van der Waals surface area contributed by atoms with Gasteiger partial charge in [-0.25, -0.2) is 24.7 Å². The zero-order valence-corrected chi connectivity index (χ0v) is 31.8. The van der Waals surface area contributed by atoms with Crippen molar-refractivity contribution in [3.63, 3.8) is 0 Å². The first-order chi connectivity index (χ1) is 24.3. The predicted octanol–water partition coefficient (Wildman–Crippen LogP) is 5.61. The molecule has 0 saturated carbocycles. The summed E-state index contributed by atoms with van der Waals surface area (Å²) < 4.78 is 19.4. The van der Waals surface area contributed by atoms with Crippen LogP contribution in [0.2, 0.25) is 25.7 Å². The van der Waals surface area contributed by atoms with E-state index in [9.17, 15) is 9.90 Å². The van der Waals surface area contributed by atoms with Gasteiger partial charge in [-0.05, 0) is 56.9 Å². The number of amides is 1. The molecule has 274 valence electrons. The summed E-state index contributed by atoms with van der Waals surface area (Å²) in [5.41, 5.74) is 3.57. The van der Waals surface area contributed by atoms with E-state index in [2.05, 4.69) is 60.3 Å². The van der Waals surface area contributed by atoms with Crippen molar-refractivity contribution in [1.82, 2.24) is 29.8 Å². The van der Waals surface area contributed by atoms with Gasteiger partial charge in [0.05, 0.1) is 24.3 Å². The van der Waals surface area contributed by atoms with Gasteiger partial charge < -0.3 is 39.0 Å². The van der Waals surface area contributed by atoms with E-state index in [4.69, 9.17) is 19.2 Å². The molecule has 2 saturated heterocycles. The van der Waals surface area contributed by atoms with Gasteiger partial charge in [0.2, 0.25) is 5.95 Å². The highest BCUT2D eigenvalue weighted by molar-refractivity contribution is 6.76. The van der Waals surface area contributed by atoms with E-state index in [1.165, 1.54) is 0 Å². The second-order valence-electron chi connectivity index (χ2n) is 15.6. The Morgan fingerprint density at radius 2 is 1.75 bits per heavy atom. The highest BCUT2D eigenvalue weighted by atomic mass is 28.3. The minimum absolute atomic E-state index is 0.0607. The highest BCUT2D eigenvalue weighted by Crippen LogP contribution is 2.34. The van der Waals surface area contributed by atoms with Crippen LogP contribution in [0, 0.1) is 0 Å². The summed E-state index contributed by atoms with van der Waals surface area (Å²) in [6.45, 7) is 17.9. The Morgan fingerprint density at radius 1 is 1.02 bits per heavy atom. The lowest BCUT2D eigenvalue weighted by Gasteiger charge is -2.33. The van der Waals surface area contributed by atoms with E-state index in [0.717, 1.165) is 72.2 Å². The molecule has 0 radical (unpaired) electrons. The van der Waals surface area contributed by atoms with Crippen molar-refractivity contribution in [2.24, 2.45) is 0 Å². The Morgan fingerprint density at radius 3 is 2.43 bits per heavy atom. The Labute approximate surface area is 301 Å². The van der Waals surface area contributed by atoms with Crippen LogP contribution in [0.25, 0.3) is 22.3 Å². The van der Waals surface area contributed by atoms with Crippen LogP contribution in [0.15, 0.2) is 49.1 Å². The fraction of sp³-hybridized carbons (Fsp3) is 0.541. The first-order valence-corrected chi connectivity index (χ1v) is 21.6. The van der Waals surface area contributed by atoms with Gasteiger partial charge in [-0.15, -0.1) is 0 Å². The van der Waals surface area contributed by atoms with Crippen LogP contribution in [0.4, 0.5) is 16.6 Å². The summed E-state index contributed by atoms with van der Waals surface area (Å²) in [4.78, 5) is 35.2. The molecule has 3 aromatic heterocycles. The SMILES string of the molecule is CC(C)(C)OC(=O)N[C@@H]1CCCN(c2ncc(C(O)c3ccc(-c4cc5c(N6CCOCC6)ncnc5n4COCC[Si](C)(C)C)cc3)cn2)C1. The monoisotopic (exact) mass is 716 g/mol. The number of carbonyl (C=O) groups excluding carboxylic acids is 1. The number of aromatic nitrogens is 5. The summed E-state index contributed by atoms with van der Waals surface area (Å²) in [5, 5.41) is 15.3. The van der Waals surface area contributed by atoms with Crippen LogP contribution in [-0.2, 0) is 20.9 Å². The molecule has 1 amide bonds. The molecular weight excluding hydrogens is 665 g/mol. The maximum atomic E-state index is 12.3. The number of hydrogen-bond acceptors (Lipinski definition) is 11. The molecular formula is C37H52N8O5Si. The normalized spacial score (nSPS) is 17.8. The van der Waals surface area contributed by atoms with Crippen LogP contribution < -0.4 is 15.1 Å². The van der Waals surface area contributed by atoms with Crippen LogP contribution in [-0.4, -0.2) is 101 Å². The third kappa shape index (κ3) is 9.42. The molecule has 13 nitrogen and oxygen atoms in total. The first kappa shape index (κ1) is 36.7. The second-order valence-corrected chi connectivity index (χ2v) is 21.2. The minimum Gasteiger partial charge on any atom is -0.444 e. The fourth-order valence-corrected chi connectivity index (χ4v) is 7.15. The molecule has 1 aromatic carbocycles. The van der Waals surface area contributed by atoms with Gasteiger partial charge in [0.15, 0.2) is 0 Å². The van der Waals surface area contributed by atoms with Crippen molar-refractivity contribution in [3.8, 4) is 11.3 Å². The van der Waals surface area contributed by atoms with E-state index in [1.54, 1.807) is 18.7 Å². The molecule has 5 heterocycles. The van der Waals surface area contributed by atoms with Gasteiger partial charge in [-0.3, -0.25) is 0 Å². The van der Waals surface area contributed by atoms with Crippen LogP contribution in [0.3, 0.4) is 0 Å². The highest BCUT2D eigenvalue weighted by Gasteiger charge is 2.26. The molecule has 4 aromatic rings. The molecule has 1 unspecified atom stereocenters. The van der Waals surface area contributed by atoms with Gasteiger partial charge in [0, 0.05) is 64.9 Å². The summed E-state index contributed by atoms with van der Waals surface area (Å²) in [6.07, 6.45) is 5.42. The number of alkyl carbamates (subject to hydrolysis) is 1. The molecule has 2 N–H and O–H groups in total. The average molecular weight is 717 g/mol. The molecule has 6 rings (SSSR count). The Balaban J connectivity index is 1.17. The van der Waals surface area contributed by atoms with E-state index < -0.39 is 25.9 Å². The second kappa shape index (κ2) is 15.6. The van der Waals surface area contributed by atoms with E-state index in [0.29, 0.717) is 44.6 Å². The predicted molar refractivity (Wildman–Crippen MR) is 201 cm³/mol. The summed E-state index contributed by atoms with van der Waals surface area (Å²) in [5.74, 6) is 1.47. The lowest BCUT2D eigenvalue weighted by molar-refractivity contribution is 0.0499. The van der Waals surface area contributed by atoms with Gasteiger partial charge in [0.25, 0.3) is 0 Å². The number of fused-ring (bicyclic) bond motifs is 1. The molecule has 2 fully saturated rings. The number of benzene rings is 1. The summed E-state index contributed by atoms with van der Waals surface area (Å²) in [7, 11) is -1.25. The Kier molecular flexibility index (Phi) is 11.2. The molecule has 2 aliphatic rings. The number of ether oxygens (including phenoxy) is 3. The number of morpholine rings is 1. The number of carbonyl (C=O) groups is 1. The number of anilines is 2. The van der Waals surface area contributed by atoms with Crippen molar-refractivity contribution in [2.75, 3.05) is 55.8 Å². The van der Waals surface area contributed by atoms with Crippen molar-refractivity contribution in [2.45, 2.75) is 83.8 Å². The number of aliphatic hydroxyl groups is 1. The Hall–Kier alpha value is -4.11. The summed E-state index contributed by atoms with van der Waals surface area (Å²) >= 11 is 0. The molecule has 0 bridgehead atoms. The molecule has 2 aliphatic heterocycles. The van der Waals surface area contributed by atoms with Crippen molar-refractivity contribution < 1.29 is 24.1 Å². The largest absolute Gasteiger partial charge is 0.444 e. The number of rotatable bonds is 11. The van der Waals surface area contributed by atoms with E-state index in [1.807, 2.05) is 45.0 Å². The lowest BCUT2D eigenvalue weighted by atomic mass is 10.0. The van der Waals surface area contributed by atoms with Crippen LogP contribution in [0.5, 0.6) is 0 Å². The number of nitrogens with zero attached hydrogens (tertiary/aromatic N) is 7. The lowest BCUT2D eigenvalue weighted by Crippen LogP contribution is -2.49. The number of hydrogen-bond donors (Lipinski definition) is 2.